The maximum absolute atomic E-state index is 7.40. The molecule has 0 unspecified atom stereocenters. The average molecular weight is 118 g/mol. The van der Waals surface area contributed by atoms with Crippen molar-refractivity contribution in [2.75, 3.05) is 26.1 Å². The van der Waals surface area contributed by atoms with Gasteiger partial charge in [0.25, 0.3) is 0 Å². The molecule has 0 saturated carbocycles. The monoisotopic (exact) mass is 118 g/mol. The summed E-state index contributed by atoms with van der Waals surface area (Å²) in [7, 11) is 0. The smallest absolute Gasteiger partial charge is 0.0444 e. The normalized spacial score (nSPS) is 16.0. The Bertz CT molecular complexity index is 91.7. The second-order valence-electron chi connectivity index (χ2n) is 1.53. The van der Waals surface area contributed by atoms with E-state index in [2.05, 4.69) is 0 Å². The van der Waals surface area contributed by atoms with E-state index in [1.54, 1.807) is 4.90 Å². The molecule has 0 fully saturated rings. The molecule has 0 rings (SSSR count). The van der Waals surface area contributed by atoms with E-state index in [0.717, 1.165) is 0 Å². The molecule has 0 aromatic rings. The molecule has 0 aliphatic heterocycles. The van der Waals surface area contributed by atoms with Crippen LogP contribution in [0.2, 0.25) is 0 Å². The molecule has 0 aromatic carbocycles. The minimum absolute atomic E-state index is 0.0642. The Balaban J connectivity index is 3.97. The SMILES string of the molecule is [2H]C([2H])(CN)N(CC)CC. The molecule has 2 heteroatoms. The number of nitrogens with zero attached hydrogens (tertiary/aromatic N) is 1. The van der Waals surface area contributed by atoms with Crippen molar-refractivity contribution < 1.29 is 2.74 Å². The number of likely N-dealkylation sites (N-methyl/N-ethyl adjacent to an activating group) is 1. The van der Waals surface area contributed by atoms with Gasteiger partial charge < -0.3 is 10.6 Å². The van der Waals surface area contributed by atoms with Crippen LogP contribution in [0.3, 0.4) is 0 Å². The highest BCUT2D eigenvalue weighted by Crippen LogP contribution is 1.81. The molecular weight excluding hydrogens is 100 g/mol. The summed E-state index contributed by atoms with van der Waals surface area (Å²) < 4.78 is 14.8. The molecule has 0 bridgehead atoms. The van der Waals surface area contributed by atoms with Crippen molar-refractivity contribution in [3.63, 3.8) is 0 Å². The van der Waals surface area contributed by atoms with Gasteiger partial charge in [-0.3, -0.25) is 0 Å². The van der Waals surface area contributed by atoms with Crippen LogP contribution >= 0.6 is 0 Å². The Morgan fingerprint density at radius 1 is 1.50 bits per heavy atom. The van der Waals surface area contributed by atoms with Crippen LogP contribution < -0.4 is 5.73 Å². The zero-order valence-corrected chi connectivity index (χ0v) is 5.65. The molecule has 50 valence electrons. The molecule has 0 radical (unpaired) electrons. The van der Waals surface area contributed by atoms with Gasteiger partial charge in [-0.05, 0) is 13.1 Å². The number of hydrogen-bond acceptors (Lipinski definition) is 2. The van der Waals surface area contributed by atoms with Gasteiger partial charge >= 0.3 is 0 Å². The van der Waals surface area contributed by atoms with Crippen molar-refractivity contribution in [3.05, 3.63) is 0 Å². The van der Waals surface area contributed by atoms with Gasteiger partial charge in [-0.25, -0.2) is 0 Å². The van der Waals surface area contributed by atoms with Crippen LogP contribution in [0.1, 0.15) is 16.6 Å². The predicted molar refractivity (Wildman–Crippen MR) is 36.8 cm³/mol. The van der Waals surface area contributed by atoms with Gasteiger partial charge in [0.05, 0.1) is 0 Å². The highest BCUT2D eigenvalue weighted by atomic mass is 15.1. The number of hydrogen-bond donors (Lipinski definition) is 1. The van der Waals surface area contributed by atoms with E-state index in [-0.39, 0.29) is 6.54 Å². The highest BCUT2D eigenvalue weighted by molar-refractivity contribution is 4.50. The Kier molecular flexibility index (Phi) is 3.02. The van der Waals surface area contributed by atoms with Crippen LogP contribution in [0.15, 0.2) is 0 Å². The highest BCUT2D eigenvalue weighted by Gasteiger charge is 1.92. The zero-order chi connectivity index (χ0) is 8.20. The van der Waals surface area contributed by atoms with E-state index in [0.29, 0.717) is 13.1 Å². The first-order chi connectivity index (χ1) is 4.58. The predicted octanol–water partition coefficient (Wildman–Crippen LogP) is 0.287. The fourth-order valence-electron chi connectivity index (χ4n) is 0.576. The van der Waals surface area contributed by atoms with Gasteiger partial charge in [-0.2, -0.15) is 0 Å². The van der Waals surface area contributed by atoms with Crippen LogP contribution in [-0.4, -0.2) is 31.0 Å². The van der Waals surface area contributed by atoms with E-state index in [1.807, 2.05) is 13.8 Å². The first-order valence-electron chi connectivity index (χ1n) is 4.03. The lowest BCUT2D eigenvalue weighted by Crippen LogP contribution is -2.28. The van der Waals surface area contributed by atoms with E-state index in [1.165, 1.54) is 0 Å². The Labute approximate surface area is 54.5 Å². The summed E-state index contributed by atoms with van der Waals surface area (Å²) in [6.07, 6.45) is 0. The van der Waals surface area contributed by atoms with E-state index >= 15 is 0 Å². The summed E-state index contributed by atoms with van der Waals surface area (Å²) in [4.78, 5) is 1.70. The molecule has 0 spiro atoms. The van der Waals surface area contributed by atoms with Gasteiger partial charge in [-0.1, -0.05) is 13.8 Å². The second-order valence-corrected chi connectivity index (χ2v) is 1.53. The van der Waals surface area contributed by atoms with Crippen molar-refractivity contribution in [2.45, 2.75) is 13.8 Å². The average Bonchev–Trinajstić information content (AvgIpc) is 1.90. The lowest BCUT2D eigenvalue weighted by atomic mass is 10.5. The van der Waals surface area contributed by atoms with E-state index in [4.69, 9.17) is 8.48 Å². The molecule has 8 heavy (non-hydrogen) atoms. The largest absolute Gasteiger partial charge is 0.329 e. The van der Waals surface area contributed by atoms with Gasteiger partial charge in [0, 0.05) is 15.8 Å². The molecule has 2 nitrogen and oxygen atoms in total. The maximum atomic E-state index is 7.40. The van der Waals surface area contributed by atoms with Crippen LogP contribution in [0, 0.1) is 0 Å². The molecule has 0 aromatic heterocycles. The third kappa shape index (κ3) is 2.99. The van der Waals surface area contributed by atoms with Crippen LogP contribution in [-0.2, 0) is 0 Å². The summed E-state index contributed by atoms with van der Waals surface area (Å²) >= 11 is 0. The topological polar surface area (TPSA) is 29.3 Å². The van der Waals surface area contributed by atoms with Crippen molar-refractivity contribution in [1.82, 2.24) is 4.90 Å². The number of nitrogens with two attached hydrogens (primary N) is 1. The van der Waals surface area contributed by atoms with Gasteiger partial charge in [0.1, 0.15) is 0 Å². The second kappa shape index (κ2) is 5.06. The fourth-order valence-corrected chi connectivity index (χ4v) is 0.576. The summed E-state index contributed by atoms with van der Waals surface area (Å²) in [6.45, 7) is 4.01. The summed E-state index contributed by atoms with van der Waals surface area (Å²) in [5.74, 6) is 0. The quantitative estimate of drug-likeness (QED) is 0.575. The molecule has 0 aliphatic carbocycles. The molecular formula is C6H16N2. The van der Waals surface area contributed by atoms with Crippen molar-refractivity contribution in [2.24, 2.45) is 5.73 Å². The minimum Gasteiger partial charge on any atom is -0.329 e. The first-order valence-corrected chi connectivity index (χ1v) is 3.03. The van der Waals surface area contributed by atoms with E-state index in [9.17, 15) is 0 Å². The maximum Gasteiger partial charge on any atom is 0.0444 e. The lowest BCUT2D eigenvalue weighted by Gasteiger charge is -2.15. The third-order valence-corrected chi connectivity index (χ3v) is 1.08. The molecule has 0 aliphatic rings. The Hall–Kier alpha value is -0.0800. The summed E-state index contributed by atoms with van der Waals surface area (Å²) in [5, 5.41) is 0. The fraction of sp³-hybridized carbons (Fsp3) is 1.00. The standard InChI is InChI=1S/C6H16N2/c1-3-8(4-2)6-5-7/h3-7H2,1-2H3/i6D2. The molecule has 0 atom stereocenters. The molecule has 2 N–H and O–H groups in total. The summed E-state index contributed by atoms with van der Waals surface area (Å²) in [6, 6.07) is 0. The Morgan fingerprint density at radius 3 is 2.12 bits per heavy atom. The van der Waals surface area contributed by atoms with Crippen LogP contribution in [0.5, 0.6) is 0 Å². The zero-order valence-electron chi connectivity index (χ0n) is 7.65. The van der Waals surface area contributed by atoms with Gasteiger partial charge in [0.15, 0.2) is 0 Å². The van der Waals surface area contributed by atoms with Gasteiger partial charge in [-0.15, -0.1) is 0 Å². The van der Waals surface area contributed by atoms with Crippen LogP contribution in [0.25, 0.3) is 0 Å². The van der Waals surface area contributed by atoms with Gasteiger partial charge in [0.2, 0.25) is 0 Å². The van der Waals surface area contributed by atoms with Crippen molar-refractivity contribution >= 4 is 0 Å². The number of rotatable bonds is 4. The molecule has 0 saturated heterocycles. The minimum atomic E-state index is -1.33. The molecule has 0 amide bonds. The van der Waals surface area contributed by atoms with Crippen molar-refractivity contribution in [1.29, 1.82) is 0 Å². The summed E-state index contributed by atoms with van der Waals surface area (Å²) in [5.41, 5.74) is 5.24. The molecule has 0 heterocycles. The van der Waals surface area contributed by atoms with E-state index < -0.39 is 6.50 Å². The van der Waals surface area contributed by atoms with Crippen molar-refractivity contribution in [3.8, 4) is 0 Å². The third-order valence-electron chi connectivity index (χ3n) is 1.08. The Morgan fingerprint density at radius 2 is 2.00 bits per heavy atom. The lowest BCUT2D eigenvalue weighted by molar-refractivity contribution is 0.312. The first kappa shape index (κ1) is 4.77. The van der Waals surface area contributed by atoms with Crippen LogP contribution in [0.4, 0.5) is 0 Å².